The number of rotatable bonds is 5. The molecule has 0 amide bonds. The highest BCUT2D eigenvalue weighted by molar-refractivity contribution is 5.91. The number of likely N-dealkylation sites (tertiary alicyclic amines) is 1. The molecule has 1 aliphatic carbocycles. The molecule has 124 valence electrons. The second-order valence-electron chi connectivity index (χ2n) is 6.32. The maximum absolute atomic E-state index is 12.9. The number of carbonyl (C=O) groups excluding carboxylic acids is 2. The molecule has 22 heavy (non-hydrogen) atoms. The van der Waals surface area contributed by atoms with Gasteiger partial charge in [-0.05, 0) is 32.6 Å². The van der Waals surface area contributed by atoms with Crippen LogP contribution in [0.25, 0.3) is 0 Å². The van der Waals surface area contributed by atoms with Crippen molar-refractivity contribution in [2.24, 2.45) is 5.92 Å². The van der Waals surface area contributed by atoms with Gasteiger partial charge in [-0.1, -0.05) is 19.3 Å². The Balaban J connectivity index is 2.20. The zero-order valence-electron chi connectivity index (χ0n) is 13.8. The van der Waals surface area contributed by atoms with Crippen LogP contribution in [0, 0.1) is 5.92 Å². The summed E-state index contributed by atoms with van der Waals surface area (Å²) < 4.78 is 9.90. The van der Waals surface area contributed by atoms with Crippen molar-refractivity contribution >= 4 is 11.8 Å². The van der Waals surface area contributed by atoms with Crippen molar-refractivity contribution in [2.75, 3.05) is 14.2 Å². The van der Waals surface area contributed by atoms with E-state index in [-0.39, 0.29) is 23.8 Å². The second kappa shape index (κ2) is 7.65. The zero-order chi connectivity index (χ0) is 16.1. The van der Waals surface area contributed by atoms with Gasteiger partial charge in [0.05, 0.1) is 20.3 Å². The summed E-state index contributed by atoms with van der Waals surface area (Å²) in [5.74, 6) is -0.0139. The third kappa shape index (κ3) is 3.45. The van der Waals surface area contributed by atoms with Gasteiger partial charge in [-0.3, -0.25) is 4.79 Å². The van der Waals surface area contributed by atoms with Crippen molar-refractivity contribution in [3.8, 4) is 0 Å². The predicted molar refractivity (Wildman–Crippen MR) is 83.0 cm³/mol. The first-order valence-corrected chi connectivity index (χ1v) is 8.23. The van der Waals surface area contributed by atoms with Crippen LogP contribution < -0.4 is 0 Å². The van der Waals surface area contributed by atoms with Crippen LogP contribution in [-0.4, -0.2) is 43.0 Å². The van der Waals surface area contributed by atoms with E-state index in [1.165, 1.54) is 26.9 Å². The van der Waals surface area contributed by atoms with E-state index in [2.05, 4.69) is 0 Å². The third-order valence-electron chi connectivity index (χ3n) is 4.91. The molecular weight excluding hydrogens is 282 g/mol. The Morgan fingerprint density at radius 3 is 2.32 bits per heavy atom. The molecule has 1 heterocycles. The minimum atomic E-state index is -0.447. The fraction of sp³-hybridized carbons (Fsp3) is 0.765. The molecule has 1 aliphatic heterocycles. The smallest absolute Gasteiger partial charge is 0.357 e. The summed E-state index contributed by atoms with van der Waals surface area (Å²) in [6.45, 7) is 2.04. The topological polar surface area (TPSA) is 55.8 Å². The number of esters is 1. The largest absolute Gasteiger partial charge is 0.502 e. The van der Waals surface area contributed by atoms with Crippen LogP contribution >= 0.6 is 0 Å². The van der Waals surface area contributed by atoms with Crippen LogP contribution in [0.1, 0.15) is 51.9 Å². The minimum Gasteiger partial charge on any atom is -0.502 e. The molecule has 2 rings (SSSR count). The highest BCUT2D eigenvalue weighted by atomic mass is 16.5. The zero-order valence-corrected chi connectivity index (χ0v) is 13.8. The van der Waals surface area contributed by atoms with Crippen molar-refractivity contribution in [1.82, 2.24) is 4.90 Å². The number of ketones is 1. The molecule has 2 fully saturated rings. The van der Waals surface area contributed by atoms with Crippen LogP contribution in [0.4, 0.5) is 0 Å². The SMILES string of the molecule is CO/C=C(/C(=O)OC)N1C(C)CCC1C(=O)C1CCCCC1. The first-order chi connectivity index (χ1) is 10.6. The Morgan fingerprint density at radius 2 is 1.73 bits per heavy atom. The first-order valence-electron chi connectivity index (χ1n) is 8.23. The summed E-state index contributed by atoms with van der Waals surface area (Å²) in [5.41, 5.74) is 0.351. The van der Waals surface area contributed by atoms with Crippen molar-refractivity contribution in [3.63, 3.8) is 0 Å². The fourth-order valence-electron chi connectivity index (χ4n) is 3.76. The lowest BCUT2D eigenvalue weighted by atomic mass is 9.83. The van der Waals surface area contributed by atoms with Gasteiger partial charge >= 0.3 is 5.97 Å². The molecule has 1 saturated carbocycles. The van der Waals surface area contributed by atoms with Crippen LogP contribution in [-0.2, 0) is 19.1 Å². The van der Waals surface area contributed by atoms with E-state index in [0.29, 0.717) is 5.70 Å². The van der Waals surface area contributed by atoms with Crippen LogP contribution in [0.15, 0.2) is 12.0 Å². The van der Waals surface area contributed by atoms with Gasteiger partial charge in [0, 0.05) is 12.0 Å². The highest BCUT2D eigenvalue weighted by Crippen LogP contribution is 2.34. The van der Waals surface area contributed by atoms with Crippen LogP contribution in [0.3, 0.4) is 0 Å². The van der Waals surface area contributed by atoms with Crippen molar-refractivity contribution in [2.45, 2.75) is 64.0 Å². The normalized spacial score (nSPS) is 26.9. The third-order valence-corrected chi connectivity index (χ3v) is 4.91. The highest BCUT2D eigenvalue weighted by Gasteiger charge is 2.41. The molecule has 0 aromatic carbocycles. The van der Waals surface area contributed by atoms with Gasteiger partial charge in [0.25, 0.3) is 0 Å². The molecule has 2 atom stereocenters. The molecule has 1 saturated heterocycles. The van der Waals surface area contributed by atoms with E-state index in [0.717, 1.165) is 38.5 Å². The lowest BCUT2D eigenvalue weighted by Crippen LogP contribution is -2.44. The number of methoxy groups -OCH3 is 2. The molecule has 2 aliphatic rings. The summed E-state index contributed by atoms with van der Waals surface area (Å²) in [5, 5.41) is 0. The number of Topliss-reactive ketones (excluding diaryl/α,β-unsaturated/α-hetero) is 1. The predicted octanol–water partition coefficient (Wildman–Crippen LogP) is 2.65. The maximum Gasteiger partial charge on any atom is 0.357 e. The van der Waals surface area contributed by atoms with Gasteiger partial charge in [-0.25, -0.2) is 4.79 Å². The van der Waals surface area contributed by atoms with Gasteiger partial charge in [-0.2, -0.15) is 0 Å². The Hall–Kier alpha value is -1.52. The first kappa shape index (κ1) is 16.8. The Bertz CT molecular complexity index is 440. The van der Waals surface area contributed by atoms with Gasteiger partial charge in [0.1, 0.15) is 6.26 Å². The fourth-order valence-corrected chi connectivity index (χ4v) is 3.76. The average Bonchev–Trinajstić information content (AvgIpc) is 2.93. The van der Waals surface area contributed by atoms with E-state index < -0.39 is 5.97 Å². The molecule has 0 aromatic heterocycles. The number of hydrogen-bond donors (Lipinski definition) is 0. The molecule has 0 N–H and O–H groups in total. The van der Waals surface area contributed by atoms with Crippen LogP contribution in [0.2, 0.25) is 0 Å². The minimum absolute atomic E-state index is 0.137. The van der Waals surface area contributed by atoms with E-state index in [1.54, 1.807) is 0 Å². The lowest BCUT2D eigenvalue weighted by molar-refractivity contribution is -0.139. The van der Waals surface area contributed by atoms with Gasteiger partial charge in [-0.15, -0.1) is 0 Å². The molecular formula is C17H27NO4. The molecule has 2 unspecified atom stereocenters. The van der Waals surface area contributed by atoms with E-state index in [4.69, 9.17) is 9.47 Å². The van der Waals surface area contributed by atoms with Gasteiger partial charge in [0.15, 0.2) is 11.5 Å². The molecule has 5 heteroatoms. The van der Waals surface area contributed by atoms with Gasteiger partial charge < -0.3 is 14.4 Å². The van der Waals surface area contributed by atoms with Crippen molar-refractivity contribution in [3.05, 3.63) is 12.0 Å². The quantitative estimate of drug-likeness (QED) is 0.444. The van der Waals surface area contributed by atoms with Crippen molar-refractivity contribution in [1.29, 1.82) is 0 Å². The van der Waals surface area contributed by atoms with Gasteiger partial charge in [0.2, 0.25) is 0 Å². The van der Waals surface area contributed by atoms with E-state index in [1.807, 2.05) is 11.8 Å². The summed E-state index contributed by atoms with van der Waals surface area (Å²) in [6.07, 6.45) is 8.57. The molecule has 0 aromatic rings. The molecule has 0 spiro atoms. The second-order valence-corrected chi connectivity index (χ2v) is 6.32. The molecule has 0 radical (unpaired) electrons. The lowest BCUT2D eigenvalue weighted by Gasteiger charge is -2.33. The summed E-state index contributed by atoms with van der Waals surface area (Å²) in [7, 11) is 2.85. The van der Waals surface area contributed by atoms with E-state index in [9.17, 15) is 9.59 Å². The van der Waals surface area contributed by atoms with Crippen molar-refractivity contribution < 1.29 is 19.1 Å². The average molecular weight is 309 g/mol. The standard InChI is InChI=1S/C17H27NO4/c1-12-9-10-14(16(19)13-7-5-4-6-8-13)18(12)15(11-21-2)17(20)22-3/h11-14H,4-10H2,1-3H3/b15-11-. The monoisotopic (exact) mass is 309 g/mol. The Labute approximate surface area is 132 Å². The number of carbonyl (C=O) groups is 2. The summed E-state index contributed by atoms with van der Waals surface area (Å²) >= 11 is 0. The summed E-state index contributed by atoms with van der Waals surface area (Å²) in [4.78, 5) is 26.9. The number of nitrogens with zero attached hydrogens (tertiary/aromatic N) is 1. The number of hydrogen-bond acceptors (Lipinski definition) is 5. The van der Waals surface area contributed by atoms with Crippen LogP contribution in [0.5, 0.6) is 0 Å². The molecule has 5 nitrogen and oxygen atoms in total. The molecule has 0 bridgehead atoms. The maximum atomic E-state index is 12.9. The summed E-state index contributed by atoms with van der Waals surface area (Å²) in [6, 6.07) is -0.0864. The number of ether oxygens (including phenoxy) is 2. The Kier molecular flexibility index (Phi) is 5.86. The van der Waals surface area contributed by atoms with E-state index >= 15 is 0 Å². The Morgan fingerprint density at radius 1 is 1.05 bits per heavy atom.